The molecule has 2 unspecified atom stereocenters. The third kappa shape index (κ3) is 6.33. The lowest BCUT2D eigenvalue weighted by Gasteiger charge is -2.36. The zero-order valence-corrected chi connectivity index (χ0v) is 25.7. The first-order valence-electron chi connectivity index (χ1n) is 13.7. The highest BCUT2D eigenvalue weighted by molar-refractivity contribution is 7.99. The fourth-order valence-corrected chi connectivity index (χ4v) is 7.32. The molecule has 1 aliphatic carbocycles. The number of nitrogens with one attached hydrogen (secondary N) is 1. The van der Waals surface area contributed by atoms with Crippen LogP contribution in [-0.4, -0.2) is 26.4 Å². The molecule has 208 valence electrons. The van der Waals surface area contributed by atoms with Crippen molar-refractivity contribution in [1.82, 2.24) is 14.8 Å². The normalized spacial score (nSPS) is 15.9. The van der Waals surface area contributed by atoms with Crippen molar-refractivity contribution in [2.75, 3.05) is 11.1 Å². The lowest BCUT2D eigenvalue weighted by atomic mass is 9.69. The van der Waals surface area contributed by atoms with Gasteiger partial charge >= 0.3 is 0 Å². The predicted octanol–water partition coefficient (Wildman–Crippen LogP) is 7.26. The maximum absolute atomic E-state index is 13.0. The van der Waals surface area contributed by atoms with Crippen molar-refractivity contribution >= 4 is 34.0 Å². The van der Waals surface area contributed by atoms with Gasteiger partial charge in [0.15, 0.2) is 17.1 Å². The van der Waals surface area contributed by atoms with Gasteiger partial charge < -0.3 is 14.6 Å². The topological polar surface area (TPSA) is 92.8 Å². The first kappa shape index (κ1) is 29.2. The van der Waals surface area contributed by atoms with Gasteiger partial charge in [-0.05, 0) is 75.5 Å². The van der Waals surface area contributed by atoms with Crippen LogP contribution in [0.1, 0.15) is 86.5 Å². The molecule has 1 aromatic carbocycles. The molecule has 0 radical (unpaired) electrons. The van der Waals surface area contributed by atoms with Crippen molar-refractivity contribution in [2.45, 2.75) is 92.0 Å². The Morgan fingerprint density at radius 1 is 1.33 bits per heavy atom. The molecule has 0 saturated heterocycles. The summed E-state index contributed by atoms with van der Waals surface area (Å²) in [4.78, 5) is 14.2. The number of rotatable bonds is 10. The summed E-state index contributed by atoms with van der Waals surface area (Å²) in [6.45, 7) is 15.7. The minimum absolute atomic E-state index is 0.146. The summed E-state index contributed by atoms with van der Waals surface area (Å²) >= 11 is 2.92. The number of aryl methyl sites for hydroxylation is 2. The maximum Gasteiger partial charge on any atom is 0.235 e. The van der Waals surface area contributed by atoms with E-state index in [2.05, 4.69) is 55.3 Å². The van der Waals surface area contributed by atoms with E-state index in [0.29, 0.717) is 28.2 Å². The maximum atomic E-state index is 13.0. The summed E-state index contributed by atoms with van der Waals surface area (Å²) in [5.74, 6) is 2.18. The summed E-state index contributed by atoms with van der Waals surface area (Å²) in [6, 6.07) is 8.47. The van der Waals surface area contributed by atoms with Crippen LogP contribution in [0.15, 0.2) is 23.4 Å². The van der Waals surface area contributed by atoms with Gasteiger partial charge in [0.2, 0.25) is 5.91 Å². The second kappa shape index (κ2) is 12.1. The molecule has 1 N–H and O–H groups in total. The van der Waals surface area contributed by atoms with Crippen LogP contribution < -0.4 is 10.1 Å². The largest absolute Gasteiger partial charge is 0.482 e. The molecular weight excluding hydrogens is 526 g/mol. The standard InChI is InChI=1S/C30H39N5O2S2/c1-8-30(6,7)21-11-12-22-23(16-31)28(39-25(22)15-21)32-26(36)17-38-29-34-33-27(35(29)9-2)20(5)37-24-13-10-18(3)14-19(24)4/h10,13-14,20-21H,8-9,11-12,15,17H2,1-7H3,(H,32,36). The number of aromatic nitrogens is 3. The highest BCUT2D eigenvalue weighted by Crippen LogP contribution is 2.45. The molecule has 0 aliphatic heterocycles. The van der Waals surface area contributed by atoms with Gasteiger partial charge in [0.1, 0.15) is 16.8 Å². The van der Waals surface area contributed by atoms with Gasteiger partial charge in [0.25, 0.3) is 0 Å². The monoisotopic (exact) mass is 565 g/mol. The van der Waals surface area contributed by atoms with Gasteiger partial charge in [-0.15, -0.1) is 21.5 Å². The van der Waals surface area contributed by atoms with Crippen LogP contribution in [-0.2, 0) is 24.2 Å². The summed E-state index contributed by atoms with van der Waals surface area (Å²) in [5, 5.41) is 23.0. The lowest BCUT2D eigenvalue weighted by Crippen LogP contribution is -2.28. The van der Waals surface area contributed by atoms with Gasteiger partial charge in [-0.2, -0.15) is 5.26 Å². The van der Waals surface area contributed by atoms with E-state index >= 15 is 0 Å². The number of fused-ring (bicyclic) bond motifs is 1. The Morgan fingerprint density at radius 3 is 2.77 bits per heavy atom. The Hall–Kier alpha value is -2.83. The van der Waals surface area contributed by atoms with Crippen molar-refractivity contribution in [3.63, 3.8) is 0 Å². The van der Waals surface area contributed by atoms with Crippen LogP contribution in [0.3, 0.4) is 0 Å². The van der Waals surface area contributed by atoms with E-state index in [1.807, 2.05) is 37.5 Å². The number of carbonyl (C=O) groups excluding carboxylic acids is 1. The van der Waals surface area contributed by atoms with Gasteiger partial charge in [0, 0.05) is 11.4 Å². The quantitative estimate of drug-likeness (QED) is 0.260. The number of thiophene rings is 1. The highest BCUT2D eigenvalue weighted by Gasteiger charge is 2.34. The molecule has 2 atom stereocenters. The number of thioether (sulfide) groups is 1. The first-order valence-corrected chi connectivity index (χ1v) is 15.5. The third-order valence-electron chi connectivity index (χ3n) is 8.04. The molecule has 1 aliphatic rings. The Bertz CT molecular complexity index is 1380. The number of anilines is 1. The summed E-state index contributed by atoms with van der Waals surface area (Å²) < 4.78 is 8.20. The fraction of sp³-hybridized carbons (Fsp3) is 0.533. The molecule has 7 nitrogen and oxygen atoms in total. The molecule has 2 aromatic heterocycles. The van der Waals surface area contributed by atoms with E-state index in [1.54, 1.807) is 11.3 Å². The minimum Gasteiger partial charge on any atom is -0.482 e. The smallest absolute Gasteiger partial charge is 0.235 e. The van der Waals surface area contributed by atoms with Gasteiger partial charge in [-0.1, -0.05) is 56.7 Å². The molecule has 3 aromatic rings. The molecule has 9 heteroatoms. The molecule has 0 saturated carbocycles. The number of nitrogens with zero attached hydrogens (tertiary/aromatic N) is 4. The molecule has 0 bridgehead atoms. The van der Waals surface area contributed by atoms with E-state index < -0.39 is 0 Å². The van der Waals surface area contributed by atoms with Gasteiger partial charge in [-0.25, -0.2) is 0 Å². The molecule has 39 heavy (non-hydrogen) atoms. The van der Waals surface area contributed by atoms with E-state index in [-0.39, 0.29) is 23.2 Å². The van der Waals surface area contributed by atoms with E-state index in [0.717, 1.165) is 48.4 Å². The first-order chi connectivity index (χ1) is 18.6. The average Bonchev–Trinajstić information content (AvgIpc) is 3.48. The molecular formula is C30H39N5O2S2. The molecule has 1 amide bonds. The van der Waals surface area contributed by atoms with Crippen molar-refractivity contribution in [1.29, 1.82) is 5.26 Å². The average molecular weight is 566 g/mol. The number of benzene rings is 1. The van der Waals surface area contributed by atoms with Crippen LogP contribution in [0.5, 0.6) is 5.75 Å². The summed E-state index contributed by atoms with van der Waals surface area (Å²) in [7, 11) is 0. The Morgan fingerprint density at radius 2 is 2.10 bits per heavy atom. The van der Waals surface area contributed by atoms with Crippen LogP contribution in [0.2, 0.25) is 0 Å². The Labute approximate surface area is 240 Å². The van der Waals surface area contributed by atoms with E-state index in [1.165, 1.54) is 22.2 Å². The number of amides is 1. The number of hydrogen-bond donors (Lipinski definition) is 1. The number of carbonyl (C=O) groups is 1. The van der Waals surface area contributed by atoms with Gasteiger partial charge in [-0.3, -0.25) is 4.79 Å². The molecule has 0 fully saturated rings. The number of ether oxygens (including phenoxy) is 1. The highest BCUT2D eigenvalue weighted by atomic mass is 32.2. The van der Waals surface area contributed by atoms with Crippen LogP contribution in [0.4, 0.5) is 5.00 Å². The van der Waals surface area contributed by atoms with Crippen molar-refractivity contribution in [2.24, 2.45) is 11.3 Å². The molecule has 2 heterocycles. The fourth-order valence-electron chi connectivity index (χ4n) is 5.22. The van der Waals surface area contributed by atoms with Crippen LogP contribution in [0.25, 0.3) is 0 Å². The molecule has 4 rings (SSSR count). The SMILES string of the molecule is CCn1c(SCC(=O)Nc2sc3c(c2C#N)CCC(C(C)(C)CC)C3)nnc1C(C)Oc1ccc(C)cc1C. The van der Waals surface area contributed by atoms with Gasteiger partial charge in [0.05, 0.1) is 11.3 Å². The van der Waals surface area contributed by atoms with Crippen molar-refractivity contribution in [3.05, 3.63) is 51.2 Å². The second-order valence-electron chi connectivity index (χ2n) is 11.1. The number of nitriles is 1. The predicted molar refractivity (Wildman–Crippen MR) is 159 cm³/mol. The zero-order valence-electron chi connectivity index (χ0n) is 24.1. The summed E-state index contributed by atoms with van der Waals surface area (Å²) in [5.41, 5.74) is 4.30. The van der Waals surface area contributed by atoms with Crippen LogP contribution >= 0.6 is 23.1 Å². The molecule has 0 spiro atoms. The minimum atomic E-state index is -0.292. The summed E-state index contributed by atoms with van der Waals surface area (Å²) in [6.07, 6.45) is 3.80. The van der Waals surface area contributed by atoms with Crippen LogP contribution in [0, 0.1) is 36.5 Å². The Kier molecular flexibility index (Phi) is 9.07. The lowest BCUT2D eigenvalue weighted by molar-refractivity contribution is -0.113. The van der Waals surface area contributed by atoms with E-state index in [4.69, 9.17) is 4.74 Å². The Balaban J connectivity index is 1.41. The van der Waals surface area contributed by atoms with Crippen molar-refractivity contribution in [3.8, 4) is 11.8 Å². The van der Waals surface area contributed by atoms with Crippen molar-refractivity contribution < 1.29 is 9.53 Å². The second-order valence-corrected chi connectivity index (χ2v) is 13.1. The zero-order chi connectivity index (χ0) is 28.3. The third-order valence-corrected chi connectivity index (χ3v) is 10.2. The number of hydrogen-bond acceptors (Lipinski definition) is 7. The van der Waals surface area contributed by atoms with E-state index in [9.17, 15) is 10.1 Å².